The molecule has 0 aromatic heterocycles. The molecular weight excluding hydrogens is 592 g/mol. The number of imide groups is 1. The Hall–Kier alpha value is -2.52. The summed E-state index contributed by atoms with van der Waals surface area (Å²) in [4.78, 5) is 26.7. The van der Waals surface area contributed by atoms with Crippen molar-refractivity contribution in [2.45, 2.75) is 20.1 Å². The third-order valence-corrected chi connectivity index (χ3v) is 7.28. The molecule has 3 aromatic carbocycles. The van der Waals surface area contributed by atoms with Crippen LogP contribution in [0.1, 0.15) is 23.6 Å². The fraction of sp³-hybridized carbons (Fsp3) is 0.154. The average molecular weight is 611 g/mol. The van der Waals surface area contributed by atoms with E-state index in [4.69, 9.17) is 32.7 Å². The Morgan fingerprint density at radius 2 is 1.83 bits per heavy atom. The molecule has 0 spiro atoms. The second kappa shape index (κ2) is 11.7. The van der Waals surface area contributed by atoms with Gasteiger partial charge in [0.15, 0.2) is 11.5 Å². The fourth-order valence-corrected chi connectivity index (χ4v) is 5.20. The highest BCUT2D eigenvalue weighted by Gasteiger charge is 2.36. The Balaban J connectivity index is 1.56. The Morgan fingerprint density at radius 1 is 1.08 bits per heavy atom. The topological polar surface area (TPSA) is 55.8 Å². The lowest BCUT2D eigenvalue weighted by molar-refractivity contribution is -0.123. The third kappa shape index (κ3) is 6.06. The van der Waals surface area contributed by atoms with Crippen LogP contribution in [0, 0.1) is 5.82 Å². The zero-order valence-corrected chi connectivity index (χ0v) is 22.8. The Labute approximate surface area is 230 Å². The van der Waals surface area contributed by atoms with Crippen LogP contribution in [0.5, 0.6) is 11.5 Å². The monoisotopic (exact) mass is 609 g/mol. The SMILES string of the molecule is CCOc1cc(/C=C2/SC(=O)N(Cc3c(F)cccc3Cl)C2=O)cc(Br)c1OCc1ccc(Cl)cc1. The van der Waals surface area contributed by atoms with Crippen LogP contribution < -0.4 is 9.47 Å². The first-order valence-electron chi connectivity index (χ1n) is 10.8. The van der Waals surface area contributed by atoms with Gasteiger partial charge in [-0.1, -0.05) is 41.4 Å². The van der Waals surface area contributed by atoms with E-state index in [-0.39, 0.29) is 22.0 Å². The summed E-state index contributed by atoms with van der Waals surface area (Å²) in [5, 5.41) is 0.288. The number of amides is 2. The Kier molecular flexibility index (Phi) is 8.62. The number of halogens is 4. The number of hydrogen-bond donors (Lipinski definition) is 0. The molecule has 0 radical (unpaired) electrons. The summed E-state index contributed by atoms with van der Waals surface area (Å²) in [6, 6.07) is 15.0. The quantitative estimate of drug-likeness (QED) is 0.241. The van der Waals surface area contributed by atoms with E-state index in [1.54, 1.807) is 30.3 Å². The zero-order chi connectivity index (χ0) is 25.8. The molecular formula is C26H19BrCl2FNO4S. The second-order valence-electron chi connectivity index (χ2n) is 7.65. The molecule has 2 amide bonds. The molecule has 0 saturated carbocycles. The number of ether oxygens (including phenoxy) is 2. The molecule has 1 heterocycles. The average Bonchev–Trinajstić information content (AvgIpc) is 3.09. The largest absolute Gasteiger partial charge is 0.490 e. The van der Waals surface area contributed by atoms with Gasteiger partial charge in [-0.3, -0.25) is 14.5 Å². The third-order valence-electron chi connectivity index (χ3n) is 5.18. The molecule has 0 atom stereocenters. The van der Waals surface area contributed by atoms with Gasteiger partial charge in [-0.2, -0.15) is 0 Å². The van der Waals surface area contributed by atoms with Crippen molar-refractivity contribution in [3.63, 3.8) is 0 Å². The second-order valence-corrected chi connectivity index (χ2v) is 10.3. The van der Waals surface area contributed by atoms with Gasteiger partial charge in [0.25, 0.3) is 11.1 Å². The first-order valence-corrected chi connectivity index (χ1v) is 13.1. The van der Waals surface area contributed by atoms with E-state index in [0.29, 0.717) is 39.8 Å². The van der Waals surface area contributed by atoms with Crippen LogP contribution in [0.3, 0.4) is 0 Å². The van der Waals surface area contributed by atoms with Crippen molar-refractivity contribution in [1.82, 2.24) is 4.90 Å². The molecule has 1 saturated heterocycles. The van der Waals surface area contributed by atoms with E-state index in [1.807, 2.05) is 19.1 Å². The minimum absolute atomic E-state index is 0.0892. The summed E-state index contributed by atoms with van der Waals surface area (Å²) >= 11 is 16.3. The molecule has 1 fully saturated rings. The molecule has 1 aliphatic rings. The van der Waals surface area contributed by atoms with Gasteiger partial charge in [0.1, 0.15) is 12.4 Å². The van der Waals surface area contributed by atoms with E-state index in [0.717, 1.165) is 22.2 Å². The molecule has 36 heavy (non-hydrogen) atoms. The highest BCUT2D eigenvalue weighted by molar-refractivity contribution is 9.10. The number of nitrogens with zero attached hydrogens (tertiary/aromatic N) is 1. The van der Waals surface area contributed by atoms with Crippen molar-refractivity contribution in [1.29, 1.82) is 0 Å². The lowest BCUT2D eigenvalue weighted by atomic mass is 10.1. The van der Waals surface area contributed by atoms with Gasteiger partial charge < -0.3 is 9.47 Å². The van der Waals surface area contributed by atoms with Gasteiger partial charge in [-0.25, -0.2) is 4.39 Å². The maximum absolute atomic E-state index is 14.2. The zero-order valence-electron chi connectivity index (χ0n) is 18.9. The molecule has 5 nitrogen and oxygen atoms in total. The molecule has 0 unspecified atom stereocenters. The van der Waals surface area contributed by atoms with E-state index in [2.05, 4.69) is 15.9 Å². The van der Waals surface area contributed by atoms with E-state index >= 15 is 0 Å². The van der Waals surface area contributed by atoms with Crippen LogP contribution in [-0.2, 0) is 17.9 Å². The van der Waals surface area contributed by atoms with Crippen molar-refractivity contribution in [3.05, 3.63) is 96.5 Å². The van der Waals surface area contributed by atoms with Crippen LogP contribution in [0.25, 0.3) is 6.08 Å². The van der Waals surface area contributed by atoms with Crippen molar-refractivity contribution >= 4 is 68.1 Å². The fourth-order valence-electron chi connectivity index (χ4n) is 3.44. The van der Waals surface area contributed by atoms with Crippen LogP contribution in [0.4, 0.5) is 9.18 Å². The number of hydrogen-bond acceptors (Lipinski definition) is 5. The van der Waals surface area contributed by atoms with Gasteiger partial charge in [-0.05, 0) is 88.2 Å². The van der Waals surface area contributed by atoms with Crippen LogP contribution in [0.15, 0.2) is 64.0 Å². The Morgan fingerprint density at radius 3 is 2.53 bits per heavy atom. The lowest BCUT2D eigenvalue weighted by Crippen LogP contribution is -2.28. The molecule has 0 N–H and O–H groups in total. The van der Waals surface area contributed by atoms with Crippen molar-refractivity contribution in [2.24, 2.45) is 0 Å². The smallest absolute Gasteiger partial charge is 0.293 e. The molecule has 186 valence electrons. The molecule has 1 aliphatic heterocycles. The summed E-state index contributed by atoms with van der Waals surface area (Å²) < 4.78 is 26.6. The van der Waals surface area contributed by atoms with Gasteiger partial charge in [0.2, 0.25) is 0 Å². The van der Waals surface area contributed by atoms with Gasteiger partial charge in [0, 0.05) is 15.6 Å². The minimum atomic E-state index is -0.579. The molecule has 10 heteroatoms. The summed E-state index contributed by atoms with van der Waals surface area (Å²) in [6.45, 7) is 2.29. The van der Waals surface area contributed by atoms with Gasteiger partial charge in [-0.15, -0.1) is 0 Å². The minimum Gasteiger partial charge on any atom is -0.490 e. The van der Waals surface area contributed by atoms with E-state index < -0.39 is 17.0 Å². The van der Waals surface area contributed by atoms with Crippen LogP contribution in [-0.4, -0.2) is 22.7 Å². The summed E-state index contributed by atoms with van der Waals surface area (Å²) in [5.74, 6) is -0.123. The normalized spacial score (nSPS) is 14.6. The van der Waals surface area contributed by atoms with Crippen LogP contribution >= 0.6 is 50.9 Å². The maximum atomic E-state index is 14.2. The maximum Gasteiger partial charge on any atom is 0.293 e. The summed E-state index contributed by atoms with van der Waals surface area (Å²) in [5.41, 5.74) is 1.64. The predicted octanol–water partition coefficient (Wildman–Crippen LogP) is 8.11. The Bertz CT molecular complexity index is 1330. The number of benzene rings is 3. The number of carbonyl (C=O) groups excluding carboxylic acids is 2. The van der Waals surface area contributed by atoms with E-state index in [1.165, 1.54) is 18.2 Å². The summed E-state index contributed by atoms with van der Waals surface area (Å²) in [7, 11) is 0. The molecule has 3 aromatic rings. The van der Waals surface area contributed by atoms with Crippen molar-refractivity contribution in [2.75, 3.05) is 6.61 Å². The first-order chi connectivity index (χ1) is 17.3. The molecule has 4 rings (SSSR count). The standard InChI is InChI=1S/C26H19BrCl2FNO4S/c1-2-34-22-11-16(10-19(27)24(22)35-14-15-6-8-17(28)9-7-15)12-23-25(32)31(26(33)36-23)13-18-20(29)4-3-5-21(18)30/h3-12H,2,13-14H2,1H3/b23-12+. The van der Waals surface area contributed by atoms with Gasteiger partial charge >= 0.3 is 0 Å². The number of thioether (sulfide) groups is 1. The molecule has 0 bridgehead atoms. The summed E-state index contributed by atoms with van der Waals surface area (Å²) in [6.07, 6.45) is 1.59. The highest BCUT2D eigenvalue weighted by atomic mass is 79.9. The lowest BCUT2D eigenvalue weighted by Gasteiger charge is -2.15. The van der Waals surface area contributed by atoms with Crippen molar-refractivity contribution in [3.8, 4) is 11.5 Å². The number of rotatable bonds is 8. The van der Waals surface area contributed by atoms with Crippen molar-refractivity contribution < 1.29 is 23.5 Å². The van der Waals surface area contributed by atoms with E-state index in [9.17, 15) is 14.0 Å². The number of carbonyl (C=O) groups is 2. The predicted molar refractivity (Wildman–Crippen MR) is 144 cm³/mol. The van der Waals surface area contributed by atoms with Gasteiger partial charge in [0.05, 0.1) is 22.5 Å². The van der Waals surface area contributed by atoms with Crippen LogP contribution in [0.2, 0.25) is 10.0 Å². The first kappa shape index (κ1) is 26.5. The molecule has 0 aliphatic carbocycles. The highest BCUT2D eigenvalue weighted by Crippen LogP contribution is 2.40.